The molecule has 1 aromatic heterocycles. The number of rotatable bonds is 5. The summed E-state index contributed by atoms with van der Waals surface area (Å²) in [5, 5.41) is 0. The molecule has 4 nitrogen and oxygen atoms in total. The van der Waals surface area contributed by atoms with Crippen molar-refractivity contribution >= 4 is 5.82 Å². The van der Waals surface area contributed by atoms with E-state index in [4.69, 9.17) is 10.5 Å². The van der Waals surface area contributed by atoms with E-state index < -0.39 is 0 Å². The van der Waals surface area contributed by atoms with Crippen LogP contribution in [0.2, 0.25) is 0 Å². The maximum absolute atomic E-state index is 5.82. The molecular weight excluding hydrogens is 226 g/mol. The zero-order chi connectivity index (χ0) is 13.0. The van der Waals surface area contributed by atoms with Crippen molar-refractivity contribution in [2.45, 2.75) is 32.7 Å². The Balaban J connectivity index is 2.22. The summed E-state index contributed by atoms with van der Waals surface area (Å²) in [6, 6.07) is 4.03. The molecule has 100 valence electrons. The van der Waals surface area contributed by atoms with Crippen LogP contribution in [-0.2, 0) is 11.3 Å². The molecule has 0 spiro atoms. The fourth-order valence-electron chi connectivity index (χ4n) is 2.47. The van der Waals surface area contributed by atoms with Crippen molar-refractivity contribution in [3.63, 3.8) is 0 Å². The minimum Gasteiger partial charge on any atom is -0.384 e. The lowest BCUT2D eigenvalue weighted by Crippen LogP contribution is -2.24. The van der Waals surface area contributed by atoms with E-state index in [0.717, 1.165) is 45.0 Å². The van der Waals surface area contributed by atoms with Crippen LogP contribution in [0.5, 0.6) is 0 Å². The summed E-state index contributed by atoms with van der Waals surface area (Å²) in [5.74, 6) is 1.10. The van der Waals surface area contributed by atoms with Gasteiger partial charge in [-0.15, -0.1) is 0 Å². The molecule has 1 aliphatic heterocycles. The lowest BCUT2D eigenvalue weighted by Gasteiger charge is -2.21. The monoisotopic (exact) mass is 249 g/mol. The van der Waals surface area contributed by atoms with Gasteiger partial charge in [-0.1, -0.05) is 19.9 Å². The maximum Gasteiger partial charge on any atom is 0.123 e. The molecule has 1 saturated heterocycles. The van der Waals surface area contributed by atoms with Crippen LogP contribution in [0.1, 0.15) is 37.4 Å². The Morgan fingerprint density at radius 3 is 2.78 bits per heavy atom. The van der Waals surface area contributed by atoms with E-state index >= 15 is 0 Å². The van der Waals surface area contributed by atoms with Crippen molar-refractivity contribution in [1.29, 1.82) is 0 Å². The molecule has 0 amide bonds. The molecule has 2 rings (SSSR count). The van der Waals surface area contributed by atoms with E-state index in [9.17, 15) is 0 Å². The van der Waals surface area contributed by atoms with E-state index in [1.54, 1.807) is 0 Å². The molecule has 0 saturated carbocycles. The van der Waals surface area contributed by atoms with Crippen LogP contribution in [0, 0.1) is 0 Å². The number of pyridine rings is 1. The molecule has 0 aromatic carbocycles. The Morgan fingerprint density at radius 1 is 1.39 bits per heavy atom. The Hall–Kier alpha value is -1.13. The van der Waals surface area contributed by atoms with Crippen LogP contribution in [0.25, 0.3) is 0 Å². The number of aromatic nitrogens is 1. The number of anilines is 1. The number of hydrogen-bond acceptors (Lipinski definition) is 4. The van der Waals surface area contributed by atoms with Crippen LogP contribution in [0.4, 0.5) is 5.82 Å². The summed E-state index contributed by atoms with van der Waals surface area (Å²) < 4.78 is 5.48. The highest BCUT2D eigenvalue weighted by Crippen LogP contribution is 2.28. The Kier molecular flexibility index (Phi) is 4.55. The molecule has 1 aromatic rings. The van der Waals surface area contributed by atoms with Gasteiger partial charge in [-0.25, -0.2) is 4.98 Å². The van der Waals surface area contributed by atoms with Gasteiger partial charge in [-0.05, 0) is 31.1 Å². The average Bonchev–Trinajstić information content (AvgIpc) is 2.89. The van der Waals surface area contributed by atoms with Crippen LogP contribution >= 0.6 is 0 Å². The molecule has 0 bridgehead atoms. The normalized spacial score (nSPS) is 19.6. The number of nitrogens with two attached hydrogens (primary N) is 1. The third-order valence-electron chi connectivity index (χ3n) is 3.67. The van der Waals surface area contributed by atoms with Gasteiger partial charge in [0, 0.05) is 19.1 Å². The van der Waals surface area contributed by atoms with E-state index in [-0.39, 0.29) is 0 Å². The van der Waals surface area contributed by atoms with Crippen LogP contribution in [0.3, 0.4) is 0 Å². The molecular formula is C14H23N3O. The summed E-state index contributed by atoms with van der Waals surface area (Å²) in [5.41, 5.74) is 8.26. The van der Waals surface area contributed by atoms with Gasteiger partial charge in [-0.3, -0.25) is 4.90 Å². The second-order valence-electron chi connectivity index (χ2n) is 4.79. The van der Waals surface area contributed by atoms with Gasteiger partial charge in [0.05, 0.1) is 12.3 Å². The highest BCUT2D eigenvalue weighted by Gasteiger charge is 2.22. The fraction of sp³-hybridized carbons (Fsp3) is 0.643. The molecule has 4 heteroatoms. The largest absolute Gasteiger partial charge is 0.384 e. The third-order valence-corrected chi connectivity index (χ3v) is 3.67. The predicted octanol–water partition coefficient (Wildman–Crippen LogP) is 2.01. The highest BCUT2D eigenvalue weighted by molar-refractivity contribution is 5.36. The minimum absolute atomic E-state index is 0.490. The van der Waals surface area contributed by atoms with E-state index in [1.807, 2.05) is 6.07 Å². The first-order valence-corrected chi connectivity index (χ1v) is 6.80. The summed E-state index contributed by atoms with van der Waals surface area (Å²) in [4.78, 5) is 6.90. The van der Waals surface area contributed by atoms with E-state index in [1.165, 1.54) is 5.56 Å². The van der Waals surface area contributed by atoms with Crippen molar-refractivity contribution in [2.75, 3.05) is 32.0 Å². The summed E-state index contributed by atoms with van der Waals surface area (Å²) in [6.07, 6.45) is 1.09. The molecule has 1 atom stereocenters. The van der Waals surface area contributed by atoms with Crippen LogP contribution < -0.4 is 5.73 Å². The van der Waals surface area contributed by atoms with E-state index in [2.05, 4.69) is 29.8 Å². The zero-order valence-corrected chi connectivity index (χ0v) is 11.4. The quantitative estimate of drug-likeness (QED) is 0.867. The Labute approximate surface area is 109 Å². The lowest BCUT2D eigenvalue weighted by atomic mass is 9.96. The van der Waals surface area contributed by atoms with Gasteiger partial charge in [0.1, 0.15) is 5.82 Å². The second kappa shape index (κ2) is 6.16. The first kappa shape index (κ1) is 13.3. The number of nitrogens with zero attached hydrogens (tertiary/aromatic N) is 2. The number of ether oxygens (including phenoxy) is 1. The van der Waals surface area contributed by atoms with Gasteiger partial charge >= 0.3 is 0 Å². The molecule has 1 fully saturated rings. The number of nitrogen functional groups attached to an aromatic ring is 1. The zero-order valence-electron chi connectivity index (χ0n) is 11.4. The van der Waals surface area contributed by atoms with Crippen molar-refractivity contribution < 1.29 is 4.74 Å². The predicted molar refractivity (Wildman–Crippen MR) is 73.5 cm³/mol. The minimum atomic E-state index is 0.490. The Bertz CT molecular complexity index is 385. The molecule has 2 N–H and O–H groups in total. The van der Waals surface area contributed by atoms with Crippen molar-refractivity contribution in [2.24, 2.45) is 0 Å². The average molecular weight is 249 g/mol. The van der Waals surface area contributed by atoms with Crippen molar-refractivity contribution in [3.8, 4) is 0 Å². The summed E-state index contributed by atoms with van der Waals surface area (Å²) in [7, 11) is 0. The Morgan fingerprint density at radius 2 is 2.17 bits per heavy atom. The third kappa shape index (κ3) is 3.00. The van der Waals surface area contributed by atoms with Crippen molar-refractivity contribution in [3.05, 3.63) is 23.4 Å². The van der Waals surface area contributed by atoms with Crippen LogP contribution in [0.15, 0.2) is 12.1 Å². The molecule has 0 aliphatic carbocycles. The topological polar surface area (TPSA) is 51.4 Å². The van der Waals surface area contributed by atoms with Crippen LogP contribution in [-0.4, -0.2) is 36.2 Å². The van der Waals surface area contributed by atoms with Gasteiger partial charge in [-0.2, -0.15) is 0 Å². The molecule has 1 unspecified atom stereocenters. The molecule has 2 heterocycles. The molecule has 1 aliphatic rings. The standard InChI is InChI=1S/C14H23N3O/c1-3-17(4-2)9-13-12(5-6-14(15)16-13)11-7-8-18-10-11/h5-6,11H,3-4,7-10H2,1-2H3,(H2,15,16). The summed E-state index contributed by atoms with van der Waals surface area (Å²) >= 11 is 0. The maximum atomic E-state index is 5.82. The smallest absolute Gasteiger partial charge is 0.123 e. The summed E-state index contributed by atoms with van der Waals surface area (Å²) in [6.45, 7) is 8.98. The van der Waals surface area contributed by atoms with Crippen molar-refractivity contribution in [1.82, 2.24) is 9.88 Å². The SMILES string of the molecule is CCN(CC)Cc1nc(N)ccc1C1CCOC1. The molecule has 0 radical (unpaired) electrons. The van der Waals surface area contributed by atoms with E-state index in [0.29, 0.717) is 11.7 Å². The fourth-order valence-corrected chi connectivity index (χ4v) is 2.47. The first-order chi connectivity index (χ1) is 8.74. The van der Waals surface area contributed by atoms with Gasteiger partial charge in [0.25, 0.3) is 0 Å². The second-order valence-corrected chi connectivity index (χ2v) is 4.79. The van der Waals surface area contributed by atoms with Gasteiger partial charge < -0.3 is 10.5 Å². The lowest BCUT2D eigenvalue weighted by molar-refractivity contribution is 0.193. The van der Waals surface area contributed by atoms with Gasteiger partial charge in [0.15, 0.2) is 0 Å². The van der Waals surface area contributed by atoms with Gasteiger partial charge in [0.2, 0.25) is 0 Å². The number of hydrogen-bond donors (Lipinski definition) is 1. The highest BCUT2D eigenvalue weighted by atomic mass is 16.5. The first-order valence-electron chi connectivity index (χ1n) is 6.80. The molecule has 18 heavy (non-hydrogen) atoms.